The Kier molecular flexibility index (Phi) is 2.87. The fourth-order valence-electron chi connectivity index (χ4n) is 6.40. The molecule has 0 unspecified atom stereocenters. The zero-order chi connectivity index (χ0) is 16.7. The molecule has 0 saturated heterocycles. The van der Waals surface area contributed by atoms with E-state index in [1.54, 1.807) is 6.07 Å². The molecule has 126 valence electrons. The second-order valence-corrected chi connectivity index (χ2v) is 8.80. The number of rotatable bonds is 0. The van der Waals surface area contributed by atoms with Gasteiger partial charge in [-0.15, -0.1) is 0 Å². The number of phenolic OH excluding ortho intramolecular Hbond substituents is 1. The number of alkyl halides is 2. The molecule has 0 aromatic heterocycles. The number of aromatic hydroxyl groups is 1. The van der Waals surface area contributed by atoms with Crippen LogP contribution in [-0.2, 0) is 11.8 Å². The first-order valence-electron chi connectivity index (χ1n) is 8.84. The topological polar surface area (TPSA) is 20.2 Å². The van der Waals surface area contributed by atoms with Crippen LogP contribution in [-0.4, -0.2) is 11.0 Å². The zero-order valence-electron chi connectivity index (χ0n) is 14.3. The first-order valence-corrected chi connectivity index (χ1v) is 8.84. The minimum absolute atomic E-state index is 0.0367. The standard InChI is InChI=1S/C20H26F2O/c1-17-8-10-19(3)18(2,9-11-20(19,21)22)16(17)7-4-13-12-14(23)5-6-15(13)17/h5-6,12,16,23H,4,7-11H2,1-3H3/t16-,17-,18+,19+/m1/s1. The number of phenols is 1. The maximum Gasteiger partial charge on any atom is 0.253 e. The molecule has 23 heavy (non-hydrogen) atoms. The molecular formula is C20H26F2O. The largest absolute Gasteiger partial charge is 0.508 e. The summed E-state index contributed by atoms with van der Waals surface area (Å²) in [6.45, 7) is 6.24. The van der Waals surface area contributed by atoms with Crippen LogP contribution >= 0.6 is 0 Å². The Labute approximate surface area is 137 Å². The minimum Gasteiger partial charge on any atom is -0.508 e. The van der Waals surface area contributed by atoms with Gasteiger partial charge in [0.15, 0.2) is 0 Å². The minimum atomic E-state index is -2.54. The van der Waals surface area contributed by atoms with Crippen LogP contribution in [0.15, 0.2) is 18.2 Å². The second-order valence-electron chi connectivity index (χ2n) is 8.80. The fraction of sp³-hybridized carbons (Fsp3) is 0.700. The van der Waals surface area contributed by atoms with E-state index < -0.39 is 11.3 Å². The third-order valence-electron chi connectivity index (χ3n) is 8.12. The van der Waals surface area contributed by atoms with Crippen molar-refractivity contribution in [2.45, 2.75) is 70.6 Å². The Morgan fingerprint density at radius 1 is 1.04 bits per heavy atom. The van der Waals surface area contributed by atoms with Gasteiger partial charge in [0.25, 0.3) is 5.92 Å². The van der Waals surface area contributed by atoms with Gasteiger partial charge in [-0.05, 0) is 72.1 Å². The number of halogens is 2. The van der Waals surface area contributed by atoms with Crippen LogP contribution < -0.4 is 0 Å². The van der Waals surface area contributed by atoms with Crippen LogP contribution in [0.3, 0.4) is 0 Å². The lowest BCUT2D eigenvalue weighted by Gasteiger charge is -2.61. The molecule has 2 saturated carbocycles. The van der Waals surface area contributed by atoms with Gasteiger partial charge in [0.2, 0.25) is 0 Å². The van der Waals surface area contributed by atoms with E-state index in [-0.39, 0.29) is 17.3 Å². The van der Waals surface area contributed by atoms with E-state index in [1.807, 2.05) is 19.1 Å². The number of hydrogen-bond acceptors (Lipinski definition) is 1. The molecule has 4 rings (SSSR count). The smallest absolute Gasteiger partial charge is 0.253 e. The van der Waals surface area contributed by atoms with Crippen molar-refractivity contribution in [2.75, 3.05) is 0 Å². The monoisotopic (exact) mass is 320 g/mol. The molecular weight excluding hydrogens is 294 g/mol. The van der Waals surface area contributed by atoms with Crippen molar-refractivity contribution in [3.8, 4) is 5.75 Å². The van der Waals surface area contributed by atoms with Crippen molar-refractivity contribution >= 4 is 0 Å². The average Bonchev–Trinajstić information content (AvgIpc) is 2.67. The first kappa shape index (κ1) is 15.4. The Morgan fingerprint density at radius 2 is 1.78 bits per heavy atom. The molecule has 0 amide bonds. The normalized spacial score (nSPS) is 44.3. The van der Waals surface area contributed by atoms with E-state index in [2.05, 4.69) is 13.8 Å². The van der Waals surface area contributed by atoms with E-state index in [9.17, 15) is 13.9 Å². The summed E-state index contributed by atoms with van der Waals surface area (Å²) in [5.41, 5.74) is 1.26. The van der Waals surface area contributed by atoms with Crippen molar-refractivity contribution in [3.05, 3.63) is 29.3 Å². The van der Waals surface area contributed by atoms with E-state index in [4.69, 9.17) is 0 Å². The van der Waals surface area contributed by atoms with Gasteiger partial charge in [-0.2, -0.15) is 0 Å². The summed E-state index contributed by atoms with van der Waals surface area (Å²) in [6.07, 6.45) is 3.91. The molecule has 0 aliphatic heterocycles. The molecule has 0 spiro atoms. The summed E-state index contributed by atoms with van der Waals surface area (Å²) in [6, 6.07) is 5.66. The zero-order valence-corrected chi connectivity index (χ0v) is 14.3. The quantitative estimate of drug-likeness (QED) is 0.674. The van der Waals surface area contributed by atoms with Crippen molar-refractivity contribution in [1.29, 1.82) is 0 Å². The molecule has 1 aromatic carbocycles. The molecule has 3 aliphatic carbocycles. The van der Waals surface area contributed by atoms with E-state index in [1.165, 1.54) is 11.1 Å². The highest BCUT2D eigenvalue weighted by atomic mass is 19.3. The van der Waals surface area contributed by atoms with Gasteiger partial charge in [0, 0.05) is 11.8 Å². The molecule has 0 radical (unpaired) electrons. The van der Waals surface area contributed by atoms with E-state index >= 15 is 0 Å². The molecule has 2 fully saturated rings. The maximum absolute atomic E-state index is 14.7. The third-order valence-corrected chi connectivity index (χ3v) is 8.12. The van der Waals surface area contributed by atoms with Gasteiger partial charge in [-0.25, -0.2) is 8.78 Å². The van der Waals surface area contributed by atoms with Gasteiger partial charge < -0.3 is 5.11 Å². The number of hydrogen-bond donors (Lipinski definition) is 1. The average molecular weight is 320 g/mol. The van der Waals surface area contributed by atoms with E-state index in [0.717, 1.165) is 19.3 Å². The molecule has 4 atom stereocenters. The summed E-state index contributed by atoms with van der Waals surface area (Å²) < 4.78 is 29.4. The molecule has 1 N–H and O–H groups in total. The number of benzene rings is 1. The van der Waals surface area contributed by atoms with Crippen molar-refractivity contribution < 1.29 is 13.9 Å². The van der Waals surface area contributed by atoms with Crippen LogP contribution in [0.2, 0.25) is 0 Å². The highest BCUT2D eigenvalue weighted by Gasteiger charge is 2.71. The van der Waals surface area contributed by atoms with Crippen LogP contribution in [0.25, 0.3) is 0 Å². The lowest BCUT2D eigenvalue weighted by molar-refractivity contribution is -0.177. The summed E-state index contributed by atoms with van der Waals surface area (Å²) in [7, 11) is 0. The van der Waals surface area contributed by atoms with Gasteiger partial charge >= 0.3 is 0 Å². The van der Waals surface area contributed by atoms with Crippen LogP contribution in [0.1, 0.15) is 64.0 Å². The first-order chi connectivity index (χ1) is 10.6. The molecule has 3 heteroatoms. The molecule has 1 nitrogen and oxygen atoms in total. The van der Waals surface area contributed by atoms with Crippen LogP contribution in [0.4, 0.5) is 8.78 Å². The van der Waals surface area contributed by atoms with E-state index in [0.29, 0.717) is 24.5 Å². The highest BCUT2D eigenvalue weighted by molar-refractivity contribution is 5.43. The van der Waals surface area contributed by atoms with Crippen molar-refractivity contribution in [2.24, 2.45) is 16.7 Å². The molecule has 3 aliphatic rings. The van der Waals surface area contributed by atoms with Crippen LogP contribution in [0, 0.1) is 16.7 Å². The summed E-state index contributed by atoms with van der Waals surface area (Å²) in [5, 5.41) is 9.78. The van der Waals surface area contributed by atoms with Crippen molar-refractivity contribution in [1.82, 2.24) is 0 Å². The Balaban J connectivity index is 1.85. The predicted octanol–water partition coefficient (Wildman–Crippen LogP) is 5.45. The lowest BCUT2D eigenvalue weighted by Crippen LogP contribution is -2.58. The van der Waals surface area contributed by atoms with Gasteiger partial charge in [-0.1, -0.05) is 26.8 Å². The van der Waals surface area contributed by atoms with Gasteiger partial charge in [0.05, 0.1) is 0 Å². The molecule has 1 aromatic rings. The SMILES string of the molecule is C[C@@]12CCC(F)(F)[C@@]1(C)CC[C@]1(C)c3ccc(O)cc3CC[C@@H]21. The summed E-state index contributed by atoms with van der Waals surface area (Å²) in [5.74, 6) is -1.94. The Bertz CT molecular complexity index is 670. The summed E-state index contributed by atoms with van der Waals surface area (Å²) in [4.78, 5) is 0. The van der Waals surface area contributed by atoms with Crippen molar-refractivity contribution in [3.63, 3.8) is 0 Å². The Morgan fingerprint density at radius 3 is 2.52 bits per heavy atom. The Hall–Kier alpha value is -1.12. The fourth-order valence-corrected chi connectivity index (χ4v) is 6.40. The molecule has 0 bridgehead atoms. The molecule has 0 heterocycles. The summed E-state index contributed by atoms with van der Waals surface area (Å²) >= 11 is 0. The highest BCUT2D eigenvalue weighted by Crippen LogP contribution is 2.73. The van der Waals surface area contributed by atoms with Gasteiger partial charge in [0.1, 0.15) is 5.75 Å². The maximum atomic E-state index is 14.7. The van der Waals surface area contributed by atoms with Crippen LogP contribution in [0.5, 0.6) is 5.75 Å². The van der Waals surface area contributed by atoms with Gasteiger partial charge in [-0.3, -0.25) is 0 Å². The second kappa shape index (κ2) is 4.29. The third kappa shape index (κ3) is 1.66. The number of fused-ring (bicyclic) bond motifs is 5. The lowest BCUT2D eigenvalue weighted by atomic mass is 9.43. The predicted molar refractivity (Wildman–Crippen MR) is 86.9 cm³/mol. The number of aryl methyl sites for hydroxylation is 1.